The van der Waals surface area contributed by atoms with Gasteiger partial charge in [0.05, 0.1) is 24.6 Å². The molecular formula is C20H19F3N2O2S2. The third-order valence-corrected chi connectivity index (χ3v) is 7.03. The summed E-state index contributed by atoms with van der Waals surface area (Å²) >= 11 is 2.44. The van der Waals surface area contributed by atoms with Gasteiger partial charge in [-0.3, -0.25) is 9.36 Å². The van der Waals surface area contributed by atoms with E-state index in [1.807, 2.05) is 0 Å². The Morgan fingerprint density at radius 1 is 1.24 bits per heavy atom. The second-order valence-corrected chi connectivity index (χ2v) is 8.96. The SMILES string of the molecule is COc1ccccc1-n1c(SCCC(F)(F)F)nc2sc3c(c2c1=O)CCCC3. The van der Waals surface area contributed by atoms with Gasteiger partial charge in [0.1, 0.15) is 10.6 Å². The van der Waals surface area contributed by atoms with E-state index in [4.69, 9.17) is 4.74 Å². The molecule has 0 spiro atoms. The lowest BCUT2D eigenvalue weighted by Gasteiger charge is -2.16. The van der Waals surface area contributed by atoms with Crippen LogP contribution in [0.15, 0.2) is 34.2 Å². The second kappa shape index (κ2) is 8.02. The van der Waals surface area contributed by atoms with Gasteiger partial charge in [0.25, 0.3) is 5.56 Å². The summed E-state index contributed by atoms with van der Waals surface area (Å²) in [6, 6.07) is 6.99. The van der Waals surface area contributed by atoms with Gasteiger partial charge in [0, 0.05) is 10.6 Å². The zero-order valence-corrected chi connectivity index (χ0v) is 17.3. The molecule has 0 radical (unpaired) electrons. The van der Waals surface area contributed by atoms with Gasteiger partial charge in [0.15, 0.2) is 5.16 Å². The number of halogens is 3. The number of aryl methyl sites for hydroxylation is 2. The zero-order valence-electron chi connectivity index (χ0n) is 15.7. The predicted molar refractivity (Wildman–Crippen MR) is 110 cm³/mol. The zero-order chi connectivity index (χ0) is 20.6. The number of methoxy groups -OCH3 is 1. The van der Waals surface area contributed by atoms with Crippen molar-refractivity contribution in [3.05, 3.63) is 45.1 Å². The quantitative estimate of drug-likeness (QED) is 0.395. The van der Waals surface area contributed by atoms with Gasteiger partial charge in [-0.05, 0) is 43.4 Å². The molecule has 9 heteroatoms. The number of thioether (sulfide) groups is 1. The molecule has 0 unspecified atom stereocenters. The number of aromatic nitrogens is 2. The lowest BCUT2D eigenvalue weighted by Crippen LogP contribution is -2.23. The van der Waals surface area contributed by atoms with Crippen molar-refractivity contribution < 1.29 is 17.9 Å². The maximum absolute atomic E-state index is 13.5. The smallest absolute Gasteiger partial charge is 0.389 e. The van der Waals surface area contributed by atoms with E-state index in [1.54, 1.807) is 24.3 Å². The van der Waals surface area contributed by atoms with Crippen LogP contribution in [-0.4, -0.2) is 28.6 Å². The maximum atomic E-state index is 13.5. The summed E-state index contributed by atoms with van der Waals surface area (Å²) in [5.74, 6) is 0.263. The highest BCUT2D eigenvalue weighted by Gasteiger charge is 2.28. The highest BCUT2D eigenvalue weighted by Crippen LogP contribution is 2.36. The number of fused-ring (bicyclic) bond motifs is 3. The summed E-state index contributed by atoms with van der Waals surface area (Å²) in [6.07, 6.45) is -1.35. The number of rotatable bonds is 5. The molecule has 29 heavy (non-hydrogen) atoms. The van der Waals surface area contributed by atoms with Crippen LogP contribution in [0.5, 0.6) is 5.75 Å². The van der Waals surface area contributed by atoms with Crippen molar-refractivity contribution >= 4 is 33.3 Å². The molecule has 0 saturated carbocycles. The van der Waals surface area contributed by atoms with Crippen LogP contribution in [0, 0.1) is 0 Å². The fourth-order valence-corrected chi connectivity index (χ4v) is 5.86. The van der Waals surface area contributed by atoms with Gasteiger partial charge in [-0.2, -0.15) is 13.2 Å². The molecule has 3 aromatic rings. The fraction of sp³-hybridized carbons (Fsp3) is 0.400. The molecule has 1 aromatic carbocycles. The summed E-state index contributed by atoms with van der Waals surface area (Å²) in [7, 11) is 1.50. The molecule has 0 aliphatic heterocycles. The molecule has 0 N–H and O–H groups in total. The van der Waals surface area contributed by atoms with Crippen LogP contribution in [0.4, 0.5) is 13.2 Å². The predicted octanol–water partition coefficient (Wildman–Crippen LogP) is 5.38. The minimum absolute atomic E-state index is 0.207. The number of benzene rings is 1. The molecule has 2 heterocycles. The number of thiophene rings is 1. The molecule has 1 aliphatic carbocycles. The lowest BCUT2D eigenvalue weighted by atomic mass is 9.97. The molecule has 0 bridgehead atoms. The number of hydrogen-bond acceptors (Lipinski definition) is 5. The first-order chi connectivity index (χ1) is 13.9. The summed E-state index contributed by atoms with van der Waals surface area (Å²) in [5, 5.41) is 0.852. The van der Waals surface area contributed by atoms with Crippen LogP contribution in [0.3, 0.4) is 0 Å². The largest absolute Gasteiger partial charge is 0.495 e. The Morgan fingerprint density at radius 2 is 2.00 bits per heavy atom. The highest BCUT2D eigenvalue weighted by atomic mass is 32.2. The number of ether oxygens (including phenoxy) is 1. The Balaban J connectivity index is 1.91. The van der Waals surface area contributed by atoms with Gasteiger partial charge in [-0.25, -0.2) is 4.98 Å². The van der Waals surface area contributed by atoms with Crippen LogP contribution < -0.4 is 10.3 Å². The van der Waals surface area contributed by atoms with E-state index >= 15 is 0 Å². The monoisotopic (exact) mass is 440 g/mol. The second-order valence-electron chi connectivity index (χ2n) is 6.81. The average molecular weight is 441 g/mol. The Kier molecular flexibility index (Phi) is 5.61. The Labute approximate surface area is 173 Å². The molecule has 4 rings (SSSR count). The van der Waals surface area contributed by atoms with Crippen molar-refractivity contribution in [2.45, 2.75) is 43.4 Å². The molecule has 0 fully saturated rings. The Morgan fingerprint density at radius 3 is 2.76 bits per heavy atom. The number of hydrogen-bond donors (Lipinski definition) is 0. The van der Waals surface area contributed by atoms with Crippen molar-refractivity contribution in [1.82, 2.24) is 9.55 Å². The molecule has 0 saturated heterocycles. The number of alkyl halides is 3. The Hall–Kier alpha value is -2.00. The molecular weight excluding hydrogens is 421 g/mol. The first-order valence-corrected chi connectivity index (χ1v) is 11.1. The lowest BCUT2D eigenvalue weighted by molar-refractivity contribution is -0.129. The van der Waals surface area contributed by atoms with E-state index < -0.39 is 12.6 Å². The first kappa shape index (κ1) is 20.3. The van der Waals surface area contributed by atoms with Gasteiger partial charge in [0.2, 0.25) is 0 Å². The van der Waals surface area contributed by atoms with E-state index in [-0.39, 0.29) is 16.5 Å². The molecule has 1 aliphatic rings. The van der Waals surface area contributed by atoms with Crippen LogP contribution in [0.25, 0.3) is 15.9 Å². The van der Waals surface area contributed by atoms with Crippen LogP contribution in [-0.2, 0) is 12.8 Å². The van der Waals surface area contributed by atoms with E-state index in [0.29, 0.717) is 21.7 Å². The minimum Gasteiger partial charge on any atom is -0.495 e. The first-order valence-electron chi connectivity index (χ1n) is 9.29. The van der Waals surface area contributed by atoms with E-state index in [0.717, 1.165) is 43.0 Å². The van der Waals surface area contributed by atoms with Gasteiger partial charge >= 0.3 is 6.18 Å². The normalized spacial score (nSPS) is 14.2. The van der Waals surface area contributed by atoms with Gasteiger partial charge in [-0.15, -0.1) is 11.3 Å². The highest BCUT2D eigenvalue weighted by molar-refractivity contribution is 7.99. The summed E-state index contributed by atoms with van der Waals surface area (Å²) in [4.78, 5) is 20.0. The molecule has 154 valence electrons. The summed E-state index contributed by atoms with van der Waals surface area (Å²) in [5.41, 5.74) is 1.29. The third kappa shape index (κ3) is 4.02. The topological polar surface area (TPSA) is 44.1 Å². The Bertz CT molecular complexity index is 1110. The van der Waals surface area contributed by atoms with Crippen molar-refractivity contribution in [2.75, 3.05) is 12.9 Å². The van der Waals surface area contributed by atoms with E-state index in [9.17, 15) is 18.0 Å². The van der Waals surface area contributed by atoms with Crippen molar-refractivity contribution in [2.24, 2.45) is 0 Å². The molecule has 4 nitrogen and oxygen atoms in total. The van der Waals surface area contributed by atoms with E-state index in [2.05, 4.69) is 4.98 Å². The van der Waals surface area contributed by atoms with Crippen LogP contribution in [0.2, 0.25) is 0 Å². The number of para-hydroxylation sites is 2. The van der Waals surface area contributed by atoms with Crippen molar-refractivity contribution in [1.29, 1.82) is 0 Å². The van der Waals surface area contributed by atoms with Crippen LogP contribution >= 0.6 is 23.1 Å². The van der Waals surface area contributed by atoms with Crippen molar-refractivity contribution in [3.8, 4) is 11.4 Å². The standard InChI is InChI=1S/C20H19F3N2O2S2/c1-27-14-8-4-3-7-13(14)25-18(26)16-12-6-2-5-9-15(12)29-17(16)24-19(25)28-11-10-20(21,22)23/h3-4,7-8H,2,5-6,9-11H2,1H3. The van der Waals surface area contributed by atoms with Crippen molar-refractivity contribution in [3.63, 3.8) is 0 Å². The fourth-order valence-electron chi connectivity index (χ4n) is 3.57. The number of nitrogens with zero attached hydrogens (tertiary/aromatic N) is 2. The molecule has 0 amide bonds. The maximum Gasteiger partial charge on any atom is 0.389 e. The van der Waals surface area contributed by atoms with E-state index in [1.165, 1.54) is 27.9 Å². The third-order valence-electron chi connectivity index (χ3n) is 4.90. The van der Waals surface area contributed by atoms with Crippen LogP contribution in [0.1, 0.15) is 29.7 Å². The molecule has 0 atom stereocenters. The minimum atomic E-state index is -4.26. The average Bonchev–Trinajstić information content (AvgIpc) is 3.06. The summed E-state index contributed by atoms with van der Waals surface area (Å²) < 4.78 is 44.8. The molecule has 2 aromatic heterocycles. The van der Waals surface area contributed by atoms with Gasteiger partial charge in [-0.1, -0.05) is 23.9 Å². The summed E-state index contributed by atoms with van der Waals surface area (Å²) in [6.45, 7) is 0. The van der Waals surface area contributed by atoms with Gasteiger partial charge < -0.3 is 4.74 Å².